The van der Waals surface area contributed by atoms with Gasteiger partial charge in [-0.15, -0.1) is 0 Å². The van der Waals surface area contributed by atoms with Gasteiger partial charge in [0.25, 0.3) is 0 Å². The van der Waals surface area contributed by atoms with E-state index < -0.39 is 8.96 Å². The molecule has 0 aromatic carbocycles. The molecule has 0 aliphatic rings. The van der Waals surface area contributed by atoms with Gasteiger partial charge in [0.2, 0.25) is 0 Å². The van der Waals surface area contributed by atoms with Gasteiger partial charge in [-0.25, -0.2) is 0 Å². The van der Waals surface area contributed by atoms with Crippen molar-refractivity contribution in [1.82, 2.24) is 4.57 Å². The molecule has 0 fully saturated rings. The lowest BCUT2D eigenvalue weighted by Gasteiger charge is -2.25. The van der Waals surface area contributed by atoms with Gasteiger partial charge in [0.15, 0.2) is 0 Å². The van der Waals surface area contributed by atoms with Crippen molar-refractivity contribution in [2.24, 2.45) is 0 Å². The van der Waals surface area contributed by atoms with Gasteiger partial charge in [-0.1, -0.05) is 33.6 Å². The molecule has 0 aliphatic heterocycles. The second-order valence-electron chi connectivity index (χ2n) is 3.92. The molecule has 0 heterocycles. The molecule has 1 atom stereocenters. The molecule has 0 bridgehead atoms. The molecule has 2 heteroatoms. The highest BCUT2D eigenvalue weighted by molar-refractivity contribution is 6.57. The summed E-state index contributed by atoms with van der Waals surface area (Å²) >= 11 is 0. The van der Waals surface area contributed by atoms with Gasteiger partial charge in [-0.2, -0.15) is 0 Å². The van der Waals surface area contributed by atoms with E-state index in [1.165, 1.54) is 18.9 Å². The first-order chi connectivity index (χ1) is 5.09. The first-order valence-electron chi connectivity index (χ1n) is 4.76. The zero-order valence-corrected chi connectivity index (χ0v) is 9.88. The summed E-state index contributed by atoms with van der Waals surface area (Å²) in [6.07, 6.45) is 2.78. The van der Waals surface area contributed by atoms with Crippen LogP contribution in [0.3, 0.4) is 0 Å². The minimum Gasteiger partial charge on any atom is -0.331 e. The summed E-state index contributed by atoms with van der Waals surface area (Å²) < 4.78 is 2.49. The maximum absolute atomic E-state index is 2.49. The number of nitrogens with zero attached hydrogens (tertiary/aromatic N) is 1. The van der Waals surface area contributed by atoms with E-state index in [1.807, 2.05) is 0 Å². The van der Waals surface area contributed by atoms with Crippen LogP contribution in [0.15, 0.2) is 0 Å². The van der Waals surface area contributed by atoms with Gasteiger partial charge in [0.1, 0.15) is 8.96 Å². The normalized spacial score (nSPS) is 14.5. The number of hydrogen-bond donors (Lipinski definition) is 0. The Morgan fingerprint density at radius 2 is 1.82 bits per heavy atom. The lowest BCUT2D eigenvalue weighted by Crippen LogP contribution is -2.35. The minimum atomic E-state index is -0.565. The standard InChI is InChI=1S/C9H23NSi/c1-6-7-8-11(9(2)3)10(4)5/h9,11H,6-8H2,1-5H3. The zero-order valence-electron chi connectivity index (χ0n) is 8.72. The van der Waals surface area contributed by atoms with Crippen molar-refractivity contribution in [2.45, 2.75) is 45.2 Å². The summed E-state index contributed by atoms with van der Waals surface area (Å²) in [6.45, 7) is 7.01. The van der Waals surface area contributed by atoms with E-state index in [1.54, 1.807) is 0 Å². The molecule has 0 aromatic rings. The fraction of sp³-hybridized carbons (Fsp3) is 1.00. The van der Waals surface area contributed by atoms with E-state index in [2.05, 4.69) is 39.4 Å². The zero-order chi connectivity index (χ0) is 8.85. The first-order valence-corrected chi connectivity index (χ1v) is 6.76. The quantitative estimate of drug-likeness (QED) is 0.577. The Morgan fingerprint density at radius 3 is 2.09 bits per heavy atom. The summed E-state index contributed by atoms with van der Waals surface area (Å²) in [7, 11) is 3.92. The van der Waals surface area contributed by atoms with Crippen molar-refractivity contribution in [1.29, 1.82) is 0 Å². The molecule has 1 unspecified atom stereocenters. The second kappa shape index (κ2) is 5.78. The average molecular weight is 173 g/mol. The highest BCUT2D eigenvalue weighted by atomic mass is 28.3. The maximum Gasteiger partial charge on any atom is 0.113 e. The highest BCUT2D eigenvalue weighted by Crippen LogP contribution is 2.15. The smallest absolute Gasteiger partial charge is 0.113 e. The van der Waals surface area contributed by atoms with Crippen LogP contribution in [0.2, 0.25) is 11.6 Å². The number of hydrogen-bond acceptors (Lipinski definition) is 1. The van der Waals surface area contributed by atoms with Crippen LogP contribution in [-0.2, 0) is 0 Å². The molecule has 0 rings (SSSR count). The molecule has 0 amide bonds. The third-order valence-corrected chi connectivity index (χ3v) is 6.15. The van der Waals surface area contributed by atoms with E-state index >= 15 is 0 Å². The topological polar surface area (TPSA) is 3.24 Å². The fourth-order valence-electron chi connectivity index (χ4n) is 1.60. The summed E-state index contributed by atoms with van der Waals surface area (Å²) in [5.74, 6) is 0. The molecule has 0 aromatic heterocycles. The van der Waals surface area contributed by atoms with Crippen LogP contribution in [0.5, 0.6) is 0 Å². The van der Waals surface area contributed by atoms with E-state index in [-0.39, 0.29) is 0 Å². The van der Waals surface area contributed by atoms with Crippen molar-refractivity contribution in [3.05, 3.63) is 0 Å². The number of unbranched alkanes of at least 4 members (excludes halogenated alkanes) is 1. The molecule has 1 nitrogen and oxygen atoms in total. The summed E-state index contributed by atoms with van der Waals surface area (Å²) in [6, 6.07) is 1.49. The van der Waals surface area contributed by atoms with Crippen molar-refractivity contribution < 1.29 is 0 Å². The molecular weight excluding hydrogens is 150 g/mol. The first kappa shape index (κ1) is 11.2. The molecule has 0 radical (unpaired) electrons. The Morgan fingerprint density at radius 1 is 1.27 bits per heavy atom. The minimum absolute atomic E-state index is 0.565. The Kier molecular flexibility index (Phi) is 5.87. The van der Waals surface area contributed by atoms with Crippen molar-refractivity contribution in [2.75, 3.05) is 14.1 Å². The van der Waals surface area contributed by atoms with Crippen LogP contribution in [0.25, 0.3) is 0 Å². The van der Waals surface area contributed by atoms with Gasteiger partial charge >= 0.3 is 0 Å². The van der Waals surface area contributed by atoms with E-state index in [0.717, 1.165) is 5.54 Å². The summed E-state index contributed by atoms with van der Waals surface area (Å²) in [5.41, 5.74) is 0.927. The van der Waals surface area contributed by atoms with E-state index in [4.69, 9.17) is 0 Å². The molecule has 0 N–H and O–H groups in total. The predicted octanol–water partition coefficient (Wildman–Crippen LogP) is 2.48. The van der Waals surface area contributed by atoms with E-state index in [0.29, 0.717) is 0 Å². The van der Waals surface area contributed by atoms with Crippen LogP contribution in [0.1, 0.15) is 33.6 Å². The summed E-state index contributed by atoms with van der Waals surface area (Å²) in [5, 5.41) is 0. The van der Waals surface area contributed by atoms with Crippen molar-refractivity contribution in [3.63, 3.8) is 0 Å². The van der Waals surface area contributed by atoms with Crippen molar-refractivity contribution in [3.8, 4) is 0 Å². The molecule has 0 aliphatic carbocycles. The summed E-state index contributed by atoms with van der Waals surface area (Å²) in [4.78, 5) is 0. The molecule has 11 heavy (non-hydrogen) atoms. The molecule has 0 spiro atoms. The van der Waals surface area contributed by atoms with Crippen molar-refractivity contribution >= 4 is 8.96 Å². The fourth-order valence-corrected chi connectivity index (χ4v) is 4.80. The Hall–Kier alpha value is 0.177. The Labute approximate surface area is 73.5 Å². The molecule has 0 saturated carbocycles. The predicted molar refractivity (Wildman–Crippen MR) is 55.6 cm³/mol. The van der Waals surface area contributed by atoms with Gasteiger partial charge in [0.05, 0.1) is 0 Å². The lowest BCUT2D eigenvalue weighted by molar-refractivity contribution is 0.609. The van der Waals surface area contributed by atoms with Gasteiger partial charge in [-0.3, -0.25) is 0 Å². The van der Waals surface area contributed by atoms with Gasteiger partial charge in [-0.05, 0) is 25.7 Å². The monoisotopic (exact) mass is 173 g/mol. The van der Waals surface area contributed by atoms with Crippen LogP contribution >= 0.6 is 0 Å². The third-order valence-electron chi connectivity index (χ3n) is 2.29. The number of rotatable bonds is 5. The van der Waals surface area contributed by atoms with Gasteiger partial charge < -0.3 is 4.57 Å². The lowest BCUT2D eigenvalue weighted by atomic mass is 10.4. The maximum atomic E-state index is 2.49. The van der Waals surface area contributed by atoms with E-state index in [9.17, 15) is 0 Å². The van der Waals surface area contributed by atoms with Crippen LogP contribution in [0, 0.1) is 0 Å². The average Bonchev–Trinajstić information content (AvgIpc) is 1.87. The Balaban J connectivity index is 3.70. The van der Waals surface area contributed by atoms with Gasteiger partial charge in [0, 0.05) is 0 Å². The second-order valence-corrected chi connectivity index (χ2v) is 8.00. The molecular formula is C9H23NSi. The highest BCUT2D eigenvalue weighted by Gasteiger charge is 2.16. The SMILES string of the molecule is CCCC[SiH](C(C)C)N(C)C. The molecule has 0 saturated heterocycles. The largest absolute Gasteiger partial charge is 0.331 e. The third kappa shape index (κ3) is 4.59. The molecule has 68 valence electrons. The van der Waals surface area contributed by atoms with Crippen LogP contribution < -0.4 is 0 Å². The van der Waals surface area contributed by atoms with Crippen LogP contribution in [0.4, 0.5) is 0 Å². The Bertz CT molecular complexity index is 83.6. The van der Waals surface area contributed by atoms with Crippen LogP contribution in [-0.4, -0.2) is 27.6 Å².